The summed E-state index contributed by atoms with van der Waals surface area (Å²) >= 11 is 6.49. The molecule has 0 aliphatic rings. The van der Waals surface area contributed by atoms with E-state index in [1.54, 1.807) is 0 Å². The summed E-state index contributed by atoms with van der Waals surface area (Å²) in [6, 6.07) is 9.51. The highest BCUT2D eigenvalue weighted by Gasteiger charge is 2.13. The van der Waals surface area contributed by atoms with E-state index >= 15 is 0 Å². The van der Waals surface area contributed by atoms with Crippen LogP contribution in [0, 0.1) is 0 Å². The normalized spacial score (nSPS) is 13.5. The Morgan fingerprint density at radius 2 is 1.64 bits per heavy atom. The molecule has 0 amide bonds. The fourth-order valence-electron chi connectivity index (χ4n) is 0.796. The van der Waals surface area contributed by atoms with Crippen molar-refractivity contribution in [1.82, 2.24) is 0 Å². The molecule has 11 heavy (non-hydrogen) atoms. The number of hydrogen-bond acceptors (Lipinski definition) is 1. The van der Waals surface area contributed by atoms with Gasteiger partial charge in [0, 0.05) is 0 Å². The Bertz CT molecular complexity index is 211. The van der Waals surface area contributed by atoms with Gasteiger partial charge < -0.3 is 5.11 Å². The van der Waals surface area contributed by atoms with Crippen LogP contribution in [0.1, 0.15) is 11.7 Å². The summed E-state index contributed by atoms with van der Waals surface area (Å²) in [4.78, 5) is 0. The summed E-state index contributed by atoms with van der Waals surface area (Å²) in [5.41, 5.74) is 0.909. The summed E-state index contributed by atoms with van der Waals surface area (Å²) in [7, 11) is 0. The van der Waals surface area contributed by atoms with Gasteiger partial charge in [0.25, 0.3) is 0 Å². The van der Waals surface area contributed by atoms with Gasteiger partial charge in [-0.2, -0.15) is 0 Å². The van der Waals surface area contributed by atoms with Crippen molar-refractivity contribution in [2.45, 2.75) is 9.84 Å². The van der Waals surface area contributed by atoms with Gasteiger partial charge in [0.1, 0.15) is 6.10 Å². The third-order valence-electron chi connectivity index (χ3n) is 1.38. The van der Waals surface area contributed by atoms with Gasteiger partial charge in [-0.15, -0.1) is 0 Å². The van der Waals surface area contributed by atoms with Crippen molar-refractivity contribution in [2.75, 3.05) is 0 Å². The van der Waals surface area contributed by atoms with E-state index < -0.39 is 6.10 Å². The van der Waals surface area contributed by atoms with E-state index in [0.29, 0.717) is 0 Å². The molecule has 0 aliphatic carbocycles. The molecule has 0 unspecified atom stereocenters. The van der Waals surface area contributed by atoms with Gasteiger partial charge in [0.2, 0.25) is 0 Å². The van der Waals surface area contributed by atoms with Crippen molar-refractivity contribution in [3.8, 4) is 0 Å². The van der Waals surface area contributed by atoms with E-state index in [4.69, 9.17) is 0 Å². The van der Waals surface area contributed by atoms with Crippen LogP contribution in [0.2, 0.25) is 0 Å². The maximum absolute atomic E-state index is 9.50. The molecule has 1 rings (SSSR count). The summed E-state index contributed by atoms with van der Waals surface area (Å²) in [6.07, 6.45) is -0.490. The first-order valence-corrected chi connectivity index (χ1v) is 5.06. The molecule has 0 saturated carbocycles. The lowest BCUT2D eigenvalue weighted by atomic mass is 10.1. The highest BCUT2D eigenvalue weighted by molar-refractivity contribution is 9.24. The molecule has 1 aromatic rings. The standard InChI is InChI=1S/C8H8Br2O/c9-8(10)7(11)6-4-2-1-3-5-6/h1-5,7-8,11H/t7-/m1/s1. The lowest BCUT2D eigenvalue weighted by Gasteiger charge is -2.10. The van der Waals surface area contributed by atoms with Gasteiger partial charge >= 0.3 is 0 Å². The first kappa shape index (κ1) is 9.23. The van der Waals surface area contributed by atoms with Crippen LogP contribution in [0.4, 0.5) is 0 Å². The van der Waals surface area contributed by atoms with Crippen molar-refractivity contribution in [2.24, 2.45) is 0 Å². The lowest BCUT2D eigenvalue weighted by Crippen LogP contribution is -2.04. The molecule has 0 heterocycles. The number of aliphatic hydroxyl groups is 1. The van der Waals surface area contributed by atoms with Crippen molar-refractivity contribution in [3.05, 3.63) is 35.9 Å². The van der Waals surface area contributed by atoms with Gasteiger partial charge in [0.05, 0.1) is 3.74 Å². The van der Waals surface area contributed by atoms with Gasteiger partial charge in [-0.25, -0.2) is 0 Å². The Balaban J connectivity index is 2.77. The molecule has 0 saturated heterocycles. The molecule has 1 aromatic carbocycles. The largest absolute Gasteiger partial charge is 0.386 e. The molecule has 3 heteroatoms. The molecule has 60 valence electrons. The minimum absolute atomic E-state index is 0.0857. The van der Waals surface area contributed by atoms with E-state index in [1.807, 2.05) is 30.3 Å². The third-order valence-corrected chi connectivity index (χ3v) is 2.38. The first-order chi connectivity index (χ1) is 5.22. The summed E-state index contributed by atoms with van der Waals surface area (Å²) in [5.74, 6) is 0. The second-order valence-corrected chi connectivity index (χ2v) is 5.39. The zero-order chi connectivity index (χ0) is 8.27. The van der Waals surface area contributed by atoms with E-state index in [2.05, 4.69) is 31.9 Å². The van der Waals surface area contributed by atoms with Crippen molar-refractivity contribution < 1.29 is 5.11 Å². The maximum atomic E-state index is 9.50. The van der Waals surface area contributed by atoms with E-state index in [9.17, 15) is 5.11 Å². The smallest absolute Gasteiger partial charge is 0.101 e. The zero-order valence-corrected chi connectivity index (χ0v) is 8.92. The molecule has 0 aromatic heterocycles. The van der Waals surface area contributed by atoms with Gasteiger partial charge in [-0.3, -0.25) is 0 Å². The lowest BCUT2D eigenvalue weighted by molar-refractivity contribution is 0.199. The highest BCUT2D eigenvalue weighted by Crippen LogP contribution is 2.26. The van der Waals surface area contributed by atoms with Crippen LogP contribution in [0.15, 0.2) is 30.3 Å². The monoisotopic (exact) mass is 278 g/mol. The van der Waals surface area contributed by atoms with Crippen LogP contribution in [0.3, 0.4) is 0 Å². The van der Waals surface area contributed by atoms with E-state index in [0.717, 1.165) is 5.56 Å². The number of halogens is 2. The molecular weight excluding hydrogens is 272 g/mol. The zero-order valence-electron chi connectivity index (χ0n) is 5.74. The third kappa shape index (κ3) is 2.58. The van der Waals surface area contributed by atoms with Gasteiger partial charge in [-0.05, 0) is 5.56 Å². The summed E-state index contributed by atoms with van der Waals surface area (Å²) < 4.78 is -0.0857. The topological polar surface area (TPSA) is 20.2 Å². The van der Waals surface area contributed by atoms with E-state index in [-0.39, 0.29) is 3.74 Å². The Labute approximate surface area is 82.7 Å². The van der Waals surface area contributed by atoms with Crippen molar-refractivity contribution >= 4 is 31.9 Å². The second kappa shape index (κ2) is 4.24. The number of alkyl halides is 2. The van der Waals surface area contributed by atoms with Crippen LogP contribution in [0.5, 0.6) is 0 Å². The number of hydrogen-bond donors (Lipinski definition) is 1. The second-order valence-electron chi connectivity index (χ2n) is 2.19. The minimum atomic E-state index is -0.490. The highest BCUT2D eigenvalue weighted by atomic mass is 79.9. The SMILES string of the molecule is O[C@H](c1ccccc1)C(Br)Br. The Hall–Kier alpha value is 0.140. The molecule has 0 radical (unpaired) electrons. The van der Waals surface area contributed by atoms with Crippen LogP contribution < -0.4 is 0 Å². The summed E-state index contributed by atoms with van der Waals surface area (Å²) in [6.45, 7) is 0. The Morgan fingerprint density at radius 1 is 1.09 bits per heavy atom. The van der Waals surface area contributed by atoms with Crippen molar-refractivity contribution in [3.63, 3.8) is 0 Å². The van der Waals surface area contributed by atoms with Crippen LogP contribution in [0.25, 0.3) is 0 Å². The average molecular weight is 280 g/mol. The average Bonchev–Trinajstić information content (AvgIpc) is 2.05. The van der Waals surface area contributed by atoms with E-state index in [1.165, 1.54) is 0 Å². The molecule has 0 bridgehead atoms. The predicted molar refractivity (Wildman–Crippen MR) is 53.0 cm³/mol. The van der Waals surface area contributed by atoms with Crippen LogP contribution in [-0.2, 0) is 0 Å². The first-order valence-electron chi connectivity index (χ1n) is 3.23. The van der Waals surface area contributed by atoms with Crippen LogP contribution >= 0.6 is 31.9 Å². The Kier molecular flexibility index (Phi) is 3.55. The molecule has 1 nitrogen and oxygen atoms in total. The molecule has 0 spiro atoms. The fourth-order valence-corrected chi connectivity index (χ4v) is 1.41. The fraction of sp³-hybridized carbons (Fsp3) is 0.250. The number of rotatable bonds is 2. The minimum Gasteiger partial charge on any atom is -0.386 e. The van der Waals surface area contributed by atoms with Gasteiger partial charge in [-0.1, -0.05) is 62.2 Å². The number of benzene rings is 1. The molecule has 1 N–H and O–H groups in total. The predicted octanol–water partition coefficient (Wildman–Crippen LogP) is 2.84. The Morgan fingerprint density at radius 3 is 2.09 bits per heavy atom. The quantitative estimate of drug-likeness (QED) is 0.826. The molecule has 1 atom stereocenters. The molecule has 0 fully saturated rings. The van der Waals surface area contributed by atoms with Crippen molar-refractivity contribution in [1.29, 1.82) is 0 Å². The number of aliphatic hydroxyl groups excluding tert-OH is 1. The van der Waals surface area contributed by atoms with Crippen LogP contribution in [-0.4, -0.2) is 8.84 Å². The van der Waals surface area contributed by atoms with Gasteiger partial charge in [0.15, 0.2) is 0 Å². The summed E-state index contributed by atoms with van der Waals surface area (Å²) in [5, 5.41) is 9.50. The molecular formula is C8H8Br2O. The molecule has 0 aliphatic heterocycles. The maximum Gasteiger partial charge on any atom is 0.101 e.